The highest BCUT2D eigenvalue weighted by atomic mass is 16.4. The first kappa shape index (κ1) is 40.5. The molecule has 0 aromatic heterocycles. The second kappa shape index (κ2) is 18.4. The van der Waals surface area contributed by atoms with E-state index in [1.54, 1.807) is 0 Å². The molecule has 0 spiro atoms. The molecule has 1 fully saturated rings. The van der Waals surface area contributed by atoms with Gasteiger partial charge in [0, 0.05) is 13.0 Å². The van der Waals surface area contributed by atoms with Crippen LogP contribution in [0.5, 0.6) is 0 Å². The normalized spacial score (nSPS) is 14.6. The van der Waals surface area contributed by atoms with Crippen molar-refractivity contribution < 1.29 is 53.7 Å². The highest BCUT2D eigenvalue weighted by Crippen LogP contribution is 2.29. The number of aryl methyl sites for hydroxylation is 1. The number of benzene rings is 3. The average Bonchev–Trinajstić information content (AvgIpc) is 3.13. The number of carbonyl (C=O) groups excluding carboxylic acids is 5. The first-order valence-corrected chi connectivity index (χ1v) is 17.4. The van der Waals surface area contributed by atoms with Crippen LogP contribution < -0.4 is 27.0 Å². The number of nitrogens with one attached hydrogen (secondary N) is 4. The van der Waals surface area contributed by atoms with Crippen molar-refractivity contribution in [1.29, 1.82) is 0 Å². The van der Waals surface area contributed by atoms with E-state index in [0.29, 0.717) is 31.2 Å². The van der Waals surface area contributed by atoms with Crippen molar-refractivity contribution in [2.75, 3.05) is 6.54 Å². The van der Waals surface area contributed by atoms with Gasteiger partial charge in [0.25, 0.3) is 0 Å². The molecule has 3 aromatic rings. The number of fused-ring (bicyclic) bond motifs is 1. The van der Waals surface area contributed by atoms with Gasteiger partial charge in [-0.25, -0.2) is 4.79 Å². The quantitative estimate of drug-likeness (QED) is 0.0551. The van der Waals surface area contributed by atoms with Gasteiger partial charge in [0.05, 0.1) is 6.42 Å². The van der Waals surface area contributed by atoms with Crippen LogP contribution in [0.3, 0.4) is 0 Å². The van der Waals surface area contributed by atoms with E-state index in [1.165, 1.54) is 24.3 Å². The van der Waals surface area contributed by atoms with E-state index >= 15 is 0 Å². The molecule has 1 aliphatic rings. The van der Waals surface area contributed by atoms with Crippen LogP contribution in [0, 0.1) is 0 Å². The minimum absolute atomic E-state index is 0.0633. The van der Waals surface area contributed by atoms with Gasteiger partial charge < -0.3 is 42.3 Å². The monoisotopic (exact) mass is 745 g/mol. The van der Waals surface area contributed by atoms with Crippen molar-refractivity contribution in [2.24, 2.45) is 5.73 Å². The van der Waals surface area contributed by atoms with Crippen LogP contribution >= 0.6 is 0 Å². The van der Waals surface area contributed by atoms with Crippen molar-refractivity contribution in [3.63, 3.8) is 0 Å². The second-order valence-corrected chi connectivity index (χ2v) is 13.3. The summed E-state index contributed by atoms with van der Waals surface area (Å²) in [6, 6.07) is 16.2. The summed E-state index contributed by atoms with van der Waals surface area (Å²) in [5.41, 5.74) is 5.14. The number of amides is 5. The largest absolute Gasteiger partial charge is 0.480 e. The maximum absolute atomic E-state index is 14.0. The van der Waals surface area contributed by atoms with Gasteiger partial charge in [-0.05, 0) is 53.1 Å². The molecule has 5 amide bonds. The Kier molecular flexibility index (Phi) is 13.8. The first-order valence-electron chi connectivity index (χ1n) is 17.4. The summed E-state index contributed by atoms with van der Waals surface area (Å²) in [7, 11) is 0. The zero-order valence-electron chi connectivity index (χ0n) is 29.3. The number of carboxylic acid groups (broad SMARTS) is 3. The predicted molar refractivity (Wildman–Crippen MR) is 193 cm³/mol. The molecule has 16 nitrogen and oxygen atoms in total. The Morgan fingerprint density at radius 1 is 0.722 bits per heavy atom. The minimum atomic E-state index is -1.88. The smallest absolute Gasteiger partial charge is 0.394 e. The molecule has 16 heteroatoms. The third-order valence-corrected chi connectivity index (χ3v) is 9.35. The number of carboxylic acids is 3. The first-order chi connectivity index (χ1) is 25.7. The number of primary amides is 1. The Morgan fingerprint density at radius 2 is 1.35 bits per heavy atom. The van der Waals surface area contributed by atoms with Crippen molar-refractivity contribution in [2.45, 2.75) is 81.3 Å². The zero-order valence-corrected chi connectivity index (χ0v) is 29.3. The SMILES string of the molecule is NC(=O)C[C@H](NC(=O)C1(NC(=O)[C@H](Cc2ccc(C(C(=O)O)C(=O)O)cc2)NC(=O)C(=O)O)CCCCC1)C(=O)NCCCc1ccc2ccccc2c1. The van der Waals surface area contributed by atoms with E-state index in [1.807, 2.05) is 36.4 Å². The van der Waals surface area contributed by atoms with Crippen molar-refractivity contribution >= 4 is 58.2 Å². The average molecular weight is 746 g/mol. The van der Waals surface area contributed by atoms with Crippen LogP contribution in [0.4, 0.5) is 0 Å². The molecule has 1 aliphatic carbocycles. The molecule has 1 saturated carbocycles. The fraction of sp³-hybridized carbons (Fsp3) is 0.368. The number of hydrogen-bond acceptors (Lipinski definition) is 8. The Bertz CT molecular complexity index is 1890. The molecule has 0 heterocycles. The van der Waals surface area contributed by atoms with Gasteiger partial charge in [0.15, 0.2) is 5.92 Å². The number of rotatable bonds is 17. The Morgan fingerprint density at radius 3 is 1.96 bits per heavy atom. The highest BCUT2D eigenvalue weighted by Gasteiger charge is 2.44. The summed E-state index contributed by atoms with van der Waals surface area (Å²) in [5.74, 6) is -11.6. The summed E-state index contributed by atoms with van der Waals surface area (Å²) >= 11 is 0. The lowest BCUT2D eigenvalue weighted by molar-refractivity contribution is -0.151. The lowest BCUT2D eigenvalue weighted by Crippen LogP contribution is -2.65. The molecule has 0 radical (unpaired) electrons. The van der Waals surface area contributed by atoms with Crippen LogP contribution in [0.1, 0.15) is 67.6 Å². The van der Waals surface area contributed by atoms with Crippen LogP contribution in [-0.4, -0.2) is 86.9 Å². The van der Waals surface area contributed by atoms with Crippen LogP contribution in [-0.2, 0) is 51.2 Å². The molecule has 0 saturated heterocycles. The van der Waals surface area contributed by atoms with Gasteiger partial charge in [-0.1, -0.05) is 86.0 Å². The van der Waals surface area contributed by atoms with Gasteiger partial charge in [0.1, 0.15) is 17.6 Å². The third-order valence-electron chi connectivity index (χ3n) is 9.35. The van der Waals surface area contributed by atoms with E-state index < -0.39 is 77.4 Å². The maximum Gasteiger partial charge on any atom is 0.394 e. The molecular weight excluding hydrogens is 702 g/mol. The molecule has 54 heavy (non-hydrogen) atoms. The highest BCUT2D eigenvalue weighted by molar-refractivity contribution is 6.32. The molecule has 2 atom stereocenters. The number of aliphatic carboxylic acids is 3. The van der Waals surface area contributed by atoms with E-state index in [0.717, 1.165) is 22.8 Å². The Balaban J connectivity index is 1.46. The standard InChI is InChI=1S/C38H43N5O11/c39-29(44)21-28(31(45)40-18-6-7-22-10-13-24-8-2-3-9-26(24)19-22)42-37(54)38(16-4-1-5-17-38)43-32(46)27(41-33(47)36(52)53)20-23-11-14-25(15-12-23)30(34(48)49)35(50)51/h2-3,8-15,19,27-28,30H,1,4-7,16-18,20-21H2,(H2,39,44)(H,40,45)(H,41,47)(H,42,54)(H,43,46)(H,48,49)(H,50,51)(H,52,53)/t27-,28-/m0/s1. The number of nitrogens with two attached hydrogens (primary N) is 1. The molecule has 0 unspecified atom stereocenters. The van der Waals surface area contributed by atoms with Crippen LogP contribution in [0.25, 0.3) is 10.8 Å². The molecule has 0 bridgehead atoms. The van der Waals surface area contributed by atoms with Gasteiger partial charge in [-0.3, -0.25) is 33.6 Å². The van der Waals surface area contributed by atoms with E-state index in [2.05, 4.69) is 27.3 Å². The molecule has 3 aromatic carbocycles. The third kappa shape index (κ3) is 10.8. The summed E-state index contributed by atoms with van der Waals surface area (Å²) < 4.78 is 0. The summed E-state index contributed by atoms with van der Waals surface area (Å²) in [5, 5.41) is 40.1. The van der Waals surface area contributed by atoms with Crippen molar-refractivity contribution in [3.05, 3.63) is 83.4 Å². The van der Waals surface area contributed by atoms with Crippen LogP contribution in [0.2, 0.25) is 0 Å². The van der Waals surface area contributed by atoms with E-state index in [-0.39, 0.29) is 31.4 Å². The zero-order chi connectivity index (χ0) is 39.4. The fourth-order valence-electron chi connectivity index (χ4n) is 6.52. The fourth-order valence-corrected chi connectivity index (χ4v) is 6.52. The second-order valence-electron chi connectivity index (χ2n) is 13.3. The summed E-state index contributed by atoms with van der Waals surface area (Å²) in [6.07, 6.45) is 2.35. The van der Waals surface area contributed by atoms with Gasteiger partial charge in [-0.2, -0.15) is 0 Å². The Hall–Kier alpha value is -6.32. The lowest BCUT2D eigenvalue weighted by atomic mass is 9.80. The lowest BCUT2D eigenvalue weighted by Gasteiger charge is -2.38. The van der Waals surface area contributed by atoms with Crippen molar-refractivity contribution in [3.8, 4) is 0 Å². The number of hydrogen-bond donors (Lipinski definition) is 8. The molecular formula is C38H43N5O11. The summed E-state index contributed by atoms with van der Waals surface area (Å²) in [4.78, 5) is 99.5. The Labute approximate surface area is 309 Å². The number of carbonyl (C=O) groups is 8. The molecule has 0 aliphatic heterocycles. The topological polar surface area (TPSA) is 271 Å². The van der Waals surface area contributed by atoms with Crippen molar-refractivity contribution in [1.82, 2.24) is 21.3 Å². The maximum atomic E-state index is 14.0. The van der Waals surface area contributed by atoms with Gasteiger partial charge >= 0.3 is 23.8 Å². The van der Waals surface area contributed by atoms with E-state index in [4.69, 9.17) is 5.73 Å². The van der Waals surface area contributed by atoms with Crippen LogP contribution in [0.15, 0.2) is 66.7 Å². The molecule has 286 valence electrons. The minimum Gasteiger partial charge on any atom is -0.480 e. The molecule has 4 rings (SSSR count). The molecule has 9 N–H and O–H groups in total. The predicted octanol–water partition coefficient (Wildman–Crippen LogP) is 1.13. The van der Waals surface area contributed by atoms with Gasteiger partial charge in [0.2, 0.25) is 23.6 Å². The summed E-state index contributed by atoms with van der Waals surface area (Å²) in [6.45, 7) is 0.234. The van der Waals surface area contributed by atoms with E-state index in [9.17, 15) is 53.7 Å². The van der Waals surface area contributed by atoms with Gasteiger partial charge in [-0.15, -0.1) is 0 Å².